The lowest BCUT2D eigenvalue weighted by Crippen LogP contribution is -2.35. The molecular weight excluding hydrogens is 413 g/mol. The summed E-state index contributed by atoms with van der Waals surface area (Å²) in [5.74, 6) is -4.62. The minimum absolute atomic E-state index is 0.214. The molecule has 0 aliphatic carbocycles. The van der Waals surface area contributed by atoms with Gasteiger partial charge in [-0.3, -0.25) is 4.72 Å². The maximum Gasteiger partial charge on any atom is 0.233 e. The third-order valence-electron chi connectivity index (χ3n) is 4.36. The van der Waals surface area contributed by atoms with Gasteiger partial charge in [-0.05, 0) is 31.0 Å². The van der Waals surface area contributed by atoms with Crippen LogP contribution in [0.15, 0.2) is 24.3 Å². The molecule has 0 saturated heterocycles. The van der Waals surface area contributed by atoms with Gasteiger partial charge in [0.25, 0.3) is 0 Å². The molecule has 0 radical (unpaired) electrons. The molecule has 2 aromatic rings. The molecule has 2 unspecified atom stereocenters. The van der Waals surface area contributed by atoms with Crippen molar-refractivity contribution >= 4 is 27.1 Å². The zero-order valence-corrected chi connectivity index (χ0v) is 16.1. The topological polar surface area (TPSA) is 108 Å². The molecule has 0 saturated carbocycles. The van der Waals surface area contributed by atoms with E-state index in [0.29, 0.717) is 11.6 Å². The minimum Gasteiger partial charge on any atom is -0.488 e. The van der Waals surface area contributed by atoms with Crippen LogP contribution in [0.3, 0.4) is 0 Å². The van der Waals surface area contributed by atoms with Gasteiger partial charge in [0.05, 0.1) is 17.5 Å². The number of rotatable bonds is 2. The number of anilines is 3. The number of hydrogen-bond donors (Lipinski definition) is 4. The Hall–Kier alpha value is -2.50. The molecule has 158 valence electrons. The highest BCUT2D eigenvalue weighted by molar-refractivity contribution is 7.92. The average Bonchev–Trinajstić information content (AvgIpc) is 2.65. The monoisotopic (exact) mass is 432 g/mol. The van der Waals surface area contributed by atoms with Gasteiger partial charge in [-0.1, -0.05) is 6.07 Å². The lowest BCUT2D eigenvalue weighted by molar-refractivity contribution is -0.00873. The molecular formula is C18H19F3N2O5S. The number of aryl methyl sites for hydroxylation is 1. The van der Waals surface area contributed by atoms with Crippen LogP contribution in [-0.2, 0) is 10.0 Å². The molecule has 1 heterocycles. The van der Waals surface area contributed by atoms with Gasteiger partial charge in [-0.15, -0.1) is 0 Å². The Labute approximate surface area is 165 Å². The number of hydrogen-bond acceptors (Lipinski definition) is 6. The van der Waals surface area contributed by atoms with Gasteiger partial charge >= 0.3 is 0 Å². The fourth-order valence-electron chi connectivity index (χ4n) is 2.75. The molecule has 4 N–H and O–H groups in total. The van der Waals surface area contributed by atoms with Gasteiger partial charge in [0, 0.05) is 6.07 Å². The highest BCUT2D eigenvalue weighted by atomic mass is 32.2. The standard InChI is InChI=1S/C18H19F3N2O5S/c1-9-2-3-12(10(19)6-9)22-18-16(21)11(20)7-15-17(18)23-29(26,27)5-4-13(24)14(25)8-28-15/h2-3,6-7,13-14,22-25H,4-5,8H2,1H3. The predicted molar refractivity (Wildman–Crippen MR) is 100 cm³/mol. The smallest absolute Gasteiger partial charge is 0.233 e. The molecule has 1 aliphatic rings. The van der Waals surface area contributed by atoms with Gasteiger partial charge in [0.2, 0.25) is 10.0 Å². The lowest BCUT2D eigenvalue weighted by Gasteiger charge is -2.24. The maximum atomic E-state index is 14.6. The summed E-state index contributed by atoms with van der Waals surface area (Å²) in [6, 6.07) is 4.58. The Bertz CT molecular complexity index is 1030. The molecule has 3 rings (SSSR count). The zero-order chi connectivity index (χ0) is 21.3. The SMILES string of the molecule is Cc1ccc(Nc2c(F)c(F)cc3c2NS(=O)(=O)CCC(O)C(O)CO3)c(F)c1. The Morgan fingerprint density at radius 1 is 1.14 bits per heavy atom. The molecule has 0 aromatic heterocycles. The third-order valence-corrected chi connectivity index (χ3v) is 5.65. The van der Waals surface area contributed by atoms with E-state index in [-0.39, 0.29) is 12.1 Å². The number of aliphatic hydroxyl groups is 2. The van der Waals surface area contributed by atoms with Crippen molar-refractivity contribution in [2.24, 2.45) is 0 Å². The number of aliphatic hydroxyl groups excluding tert-OH is 2. The Morgan fingerprint density at radius 2 is 1.86 bits per heavy atom. The van der Waals surface area contributed by atoms with E-state index in [1.54, 1.807) is 6.92 Å². The minimum atomic E-state index is -4.14. The van der Waals surface area contributed by atoms with E-state index in [0.717, 1.165) is 6.07 Å². The van der Waals surface area contributed by atoms with Crippen molar-refractivity contribution in [1.82, 2.24) is 0 Å². The molecule has 29 heavy (non-hydrogen) atoms. The van der Waals surface area contributed by atoms with Crippen LogP contribution in [-0.4, -0.2) is 43.2 Å². The maximum absolute atomic E-state index is 14.6. The van der Waals surface area contributed by atoms with E-state index in [2.05, 4.69) is 10.0 Å². The predicted octanol–water partition coefficient (Wildman–Crippen LogP) is 2.40. The molecule has 7 nitrogen and oxygen atoms in total. The summed E-state index contributed by atoms with van der Waals surface area (Å²) in [6.07, 6.45) is -3.15. The number of nitrogens with one attached hydrogen (secondary N) is 2. The molecule has 0 spiro atoms. The van der Waals surface area contributed by atoms with Crippen LogP contribution in [0.1, 0.15) is 12.0 Å². The van der Waals surface area contributed by atoms with E-state index < -0.39 is 69.2 Å². The molecule has 0 amide bonds. The van der Waals surface area contributed by atoms with Crippen molar-refractivity contribution in [3.63, 3.8) is 0 Å². The van der Waals surface area contributed by atoms with Crippen molar-refractivity contribution in [2.75, 3.05) is 22.4 Å². The van der Waals surface area contributed by atoms with Gasteiger partial charge < -0.3 is 20.3 Å². The summed E-state index contributed by atoms with van der Waals surface area (Å²) in [6.45, 7) is 1.14. The van der Waals surface area contributed by atoms with Gasteiger partial charge in [-0.25, -0.2) is 21.6 Å². The van der Waals surface area contributed by atoms with Crippen LogP contribution >= 0.6 is 0 Å². The van der Waals surface area contributed by atoms with Crippen molar-refractivity contribution in [3.8, 4) is 5.75 Å². The van der Waals surface area contributed by atoms with Gasteiger partial charge in [0.1, 0.15) is 35.7 Å². The van der Waals surface area contributed by atoms with Crippen molar-refractivity contribution in [2.45, 2.75) is 25.6 Å². The van der Waals surface area contributed by atoms with Gasteiger partial charge in [-0.2, -0.15) is 0 Å². The summed E-state index contributed by atoms with van der Waals surface area (Å²) in [7, 11) is -4.14. The summed E-state index contributed by atoms with van der Waals surface area (Å²) < 4.78 is 74.9. The van der Waals surface area contributed by atoms with Crippen LogP contribution in [0.4, 0.5) is 30.2 Å². The molecule has 1 aliphatic heterocycles. The quantitative estimate of drug-likeness (QED) is 0.581. The molecule has 0 bridgehead atoms. The van der Waals surface area contributed by atoms with Crippen molar-refractivity contribution < 1.29 is 36.5 Å². The number of halogens is 3. The number of fused-ring (bicyclic) bond motifs is 1. The first kappa shape index (κ1) is 21.2. The van der Waals surface area contributed by atoms with Crippen LogP contribution < -0.4 is 14.8 Å². The summed E-state index contributed by atoms with van der Waals surface area (Å²) in [5, 5.41) is 22.0. The van der Waals surface area contributed by atoms with Gasteiger partial charge in [0.15, 0.2) is 11.6 Å². The van der Waals surface area contributed by atoms with E-state index in [1.807, 2.05) is 0 Å². The summed E-state index contributed by atoms with van der Waals surface area (Å²) >= 11 is 0. The van der Waals surface area contributed by atoms with E-state index >= 15 is 0 Å². The van der Waals surface area contributed by atoms with Crippen molar-refractivity contribution in [3.05, 3.63) is 47.3 Å². The van der Waals surface area contributed by atoms with Crippen LogP contribution in [0.25, 0.3) is 0 Å². The second-order valence-corrected chi connectivity index (χ2v) is 8.53. The largest absolute Gasteiger partial charge is 0.488 e. The molecule has 2 aromatic carbocycles. The van der Waals surface area contributed by atoms with Crippen LogP contribution in [0.5, 0.6) is 5.75 Å². The Kier molecular flexibility index (Phi) is 5.92. The second-order valence-electron chi connectivity index (χ2n) is 6.68. The molecule has 11 heteroatoms. The Morgan fingerprint density at radius 3 is 2.55 bits per heavy atom. The second kappa shape index (κ2) is 8.09. The first-order valence-corrected chi connectivity index (χ1v) is 10.3. The number of benzene rings is 2. The van der Waals surface area contributed by atoms with E-state index in [4.69, 9.17) is 4.74 Å². The fourth-order valence-corrected chi connectivity index (χ4v) is 3.92. The molecule has 0 fully saturated rings. The highest BCUT2D eigenvalue weighted by Gasteiger charge is 2.28. The van der Waals surface area contributed by atoms with E-state index in [9.17, 15) is 31.8 Å². The fraction of sp³-hybridized carbons (Fsp3) is 0.333. The van der Waals surface area contributed by atoms with Crippen LogP contribution in [0.2, 0.25) is 0 Å². The average molecular weight is 432 g/mol. The zero-order valence-electron chi connectivity index (χ0n) is 15.2. The summed E-state index contributed by atoms with van der Waals surface area (Å²) in [5.41, 5.74) is -0.782. The van der Waals surface area contributed by atoms with E-state index in [1.165, 1.54) is 12.1 Å². The first-order chi connectivity index (χ1) is 13.6. The lowest BCUT2D eigenvalue weighted by atomic mass is 10.1. The normalized spacial score (nSPS) is 21.4. The highest BCUT2D eigenvalue weighted by Crippen LogP contribution is 2.40. The third kappa shape index (κ3) is 4.74. The Balaban J connectivity index is 2.13. The summed E-state index contributed by atoms with van der Waals surface area (Å²) in [4.78, 5) is 0. The van der Waals surface area contributed by atoms with Crippen molar-refractivity contribution in [1.29, 1.82) is 0 Å². The number of ether oxygens (including phenoxy) is 1. The number of sulfonamides is 1. The first-order valence-electron chi connectivity index (χ1n) is 8.62. The van der Waals surface area contributed by atoms with Crippen LogP contribution in [0, 0.1) is 24.4 Å². The molecule has 2 atom stereocenters.